The molecule has 148 valence electrons. The van der Waals surface area contributed by atoms with E-state index in [0.29, 0.717) is 25.2 Å². The standard InChI is InChI=1S/C21H27N5O2/c1-16(27)25-10-12-26(13-11-25)20-18(7-5-9-22-20)15-23-21(28)17-6-4-8-19(14-17)24(2)3/h4-9,14H,10-13,15H2,1-3H3,(H,23,28). The minimum absolute atomic E-state index is 0.105. The van der Waals surface area contributed by atoms with Crippen molar-refractivity contribution < 1.29 is 9.59 Å². The van der Waals surface area contributed by atoms with E-state index in [-0.39, 0.29) is 11.8 Å². The SMILES string of the molecule is CC(=O)N1CCN(c2ncccc2CNC(=O)c2cccc(N(C)C)c2)CC1. The highest BCUT2D eigenvalue weighted by Crippen LogP contribution is 2.19. The number of benzene rings is 1. The van der Waals surface area contributed by atoms with Crippen molar-refractivity contribution in [2.24, 2.45) is 0 Å². The Morgan fingerprint density at radius 1 is 1.11 bits per heavy atom. The third kappa shape index (κ3) is 4.60. The maximum absolute atomic E-state index is 12.6. The summed E-state index contributed by atoms with van der Waals surface area (Å²) in [4.78, 5) is 34.6. The van der Waals surface area contributed by atoms with Crippen LogP contribution in [0.5, 0.6) is 0 Å². The quantitative estimate of drug-likeness (QED) is 0.855. The van der Waals surface area contributed by atoms with Gasteiger partial charge in [-0.15, -0.1) is 0 Å². The van der Waals surface area contributed by atoms with E-state index in [9.17, 15) is 9.59 Å². The van der Waals surface area contributed by atoms with Crippen molar-refractivity contribution in [3.8, 4) is 0 Å². The Hall–Kier alpha value is -3.09. The van der Waals surface area contributed by atoms with E-state index in [1.165, 1.54) is 0 Å². The molecular weight excluding hydrogens is 354 g/mol. The minimum Gasteiger partial charge on any atom is -0.378 e. The normalized spacial score (nSPS) is 14.0. The monoisotopic (exact) mass is 381 g/mol. The van der Waals surface area contributed by atoms with Crippen LogP contribution in [-0.2, 0) is 11.3 Å². The molecule has 0 saturated carbocycles. The molecular formula is C21H27N5O2. The average molecular weight is 381 g/mol. The average Bonchev–Trinajstić information content (AvgIpc) is 2.72. The first kappa shape index (κ1) is 19.7. The highest BCUT2D eigenvalue weighted by Gasteiger charge is 2.21. The number of pyridine rings is 1. The number of carbonyl (C=O) groups is 2. The van der Waals surface area contributed by atoms with Crippen molar-refractivity contribution in [3.63, 3.8) is 0 Å². The van der Waals surface area contributed by atoms with Crippen molar-refractivity contribution in [1.82, 2.24) is 15.2 Å². The molecule has 7 nitrogen and oxygen atoms in total. The Morgan fingerprint density at radius 3 is 2.54 bits per heavy atom. The van der Waals surface area contributed by atoms with Crippen LogP contribution >= 0.6 is 0 Å². The maximum atomic E-state index is 12.6. The first-order chi connectivity index (χ1) is 13.5. The van der Waals surface area contributed by atoms with Gasteiger partial charge in [-0.05, 0) is 24.3 Å². The highest BCUT2D eigenvalue weighted by atomic mass is 16.2. The molecule has 0 bridgehead atoms. The van der Waals surface area contributed by atoms with Crippen LogP contribution in [0.3, 0.4) is 0 Å². The smallest absolute Gasteiger partial charge is 0.251 e. The van der Waals surface area contributed by atoms with E-state index < -0.39 is 0 Å². The summed E-state index contributed by atoms with van der Waals surface area (Å²) in [5.41, 5.74) is 2.58. The molecule has 0 spiro atoms. The second-order valence-corrected chi connectivity index (χ2v) is 7.11. The Labute approximate surface area is 166 Å². The number of nitrogens with zero attached hydrogens (tertiary/aromatic N) is 4. The lowest BCUT2D eigenvalue weighted by atomic mass is 10.1. The molecule has 1 aromatic carbocycles. The largest absolute Gasteiger partial charge is 0.378 e. The first-order valence-corrected chi connectivity index (χ1v) is 9.45. The number of anilines is 2. The maximum Gasteiger partial charge on any atom is 0.251 e. The van der Waals surface area contributed by atoms with Gasteiger partial charge < -0.3 is 20.0 Å². The minimum atomic E-state index is -0.111. The second kappa shape index (κ2) is 8.73. The molecule has 1 saturated heterocycles. The molecule has 1 N–H and O–H groups in total. The van der Waals surface area contributed by atoms with Crippen LogP contribution in [0.1, 0.15) is 22.8 Å². The van der Waals surface area contributed by atoms with Gasteiger partial charge in [0.15, 0.2) is 0 Å². The summed E-state index contributed by atoms with van der Waals surface area (Å²) in [6.45, 7) is 4.86. The van der Waals surface area contributed by atoms with Gasteiger partial charge in [-0.1, -0.05) is 12.1 Å². The Balaban J connectivity index is 1.66. The number of hydrogen-bond acceptors (Lipinski definition) is 5. The Morgan fingerprint density at radius 2 is 1.86 bits per heavy atom. The van der Waals surface area contributed by atoms with Crippen molar-refractivity contribution in [2.45, 2.75) is 13.5 Å². The summed E-state index contributed by atoms with van der Waals surface area (Å²) in [7, 11) is 3.90. The fourth-order valence-corrected chi connectivity index (χ4v) is 3.29. The lowest BCUT2D eigenvalue weighted by Gasteiger charge is -2.35. The lowest BCUT2D eigenvalue weighted by Crippen LogP contribution is -2.48. The number of aromatic nitrogens is 1. The van der Waals surface area contributed by atoms with Gasteiger partial charge in [0.2, 0.25) is 5.91 Å². The van der Waals surface area contributed by atoms with Gasteiger partial charge >= 0.3 is 0 Å². The molecule has 28 heavy (non-hydrogen) atoms. The molecule has 0 aliphatic carbocycles. The second-order valence-electron chi connectivity index (χ2n) is 7.11. The third-order valence-electron chi connectivity index (χ3n) is 4.96. The van der Waals surface area contributed by atoms with Crippen LogP contribution in [0.15, 0.2) is 42.6 Å². The van der Waals surface area contributed by atoms with E-state index in [1.807, 2.05) is 60.3 Å². The molecule has 2 heterocycles. The molecule has 1 fully saturated rings. The number of amides is 2. The number of hydrogen-bond donors (Lipinski definition) is 1. The first-order valence-electron chi connectivity index (χ1n) is 9.45. The Kier molecular flexibility index (Phi) is 6.13. The third-order valence-corrected chi connectivity index (χ3v) is 4.96. The van der Waals surface area contributed by atoms with E-state index in [0.717, 1.165) is 30.2 Å². The molecule has 2 aromatic rings. The summed E-state index contributed by atoms with van der Waals surface area (Å²) in [5, 5.41) is 3.00. The summed E-state index contributed by atoms with van der Waals surface area (Å²) in [6, 6.07) is 11.4. The van der Waals surface area contributed by atoms with E-state index in [1.54, 1.807) is 13.1 Å². The number of piperazine rings is 1. The fourth-order valence-electron chi connectivity index (χ4n) is 3.29. The van der Waals surface area contributed by atoms with Crippen molar-refractivity contribution in [1.29, 1.82) is 0 Å². The van der Waals surface area contributed by atoms with Crippen LogP contribution in [0, 0.1) is 0 Å². The summed E-state index contributed by atoms with van der Waals surface area (Å²) in [6.07, 6.45) is 1.76. The van der Waals surface area contributed by atoms with E-state index >= 15 is 0 Å². The molecule has 0 radical (unpaired) electrons. The van der Waals surface area contributed by atoms with Crippen molar-refractivity contribution in [3.05, 3.63) is 53.7 Å². The van der Waals surface area contributed by atoms with Gasteiger partial charge in [0.25, 0.3) is 5.91 Å². The zero-order valence-corrected chi connectivity index (χ0v) is 16.7. The predicted octanol–water partition coefficient (Wildman–Crippen LogP) is 1.75. The number of rotatable bonds is 5. The summed E-state index contributed by atoms with van der Waals surface area (Å²) in [5.74, 6) is 0.862. The van der Waals surface area contributed by atoms with Gasteiger partial charge in [-0.3, -0.25) is 9.59 Å². The van der Waals surface area contributed by atoms with Crippen molar-refractivity contribution >= 4 is 23.3 Å². The lowest BCUT2D eigenvalue weighted by molar-refractivity contribution is -0.129. The van der Waals surface area contributed by atoms with Gasteiger partial charge in [0.1, 0.15) is 5.82 Å². The summed E-state index contributed by atoms with van der Waals surface area (Å²) < 4.78 is 0. The predicted molar refractivity (Wildman–Crippen MR) is 111 cm³/mol. The molecule has 3 rings (SSSR count). The van der Waals surface area contributed by atoms with Crippen LogP contribution in [0.4, 0.5) is 11.5 Å². The number of nitrogens with one attached hydrogen (secondary N) is 1. The summed E-state index contributed by atoms with van der Waals surface area (Å²) >= 11 is 0. The fraction of sp³-hybridized carbons (Fsp3) is 0.381. The van der Waals surface area contributed by atoms with Gasteiger partial charge in [0, 0.05) is 76.8 Å². The topological polar surface area (TPSA) is 68.8 Å². The molecule has 0 unspecified atom stereocenters. The number of carbonyl (C=O) groups excluding carboxylic acids is 2. The van der Waals surface area contributed by atoms with Crippen LogP contribution in [0.2, 0.25) is 0 Å². The zero-order valence-electron chi connectivity index (χ0n) is 16.7. The molecule has 2 amide bonds. The Bertz CT molecular complexity index is 844. The molecule has 1 aliphatic heterocycles. The van der Waals surface area contributed by atoms with Gasteiger partial charge in [-0.2, -0.15) is 0 Å². The van der Waals surface area contributed by atoms with Crippen molar-refractivity contribution in [2.75, 3.05) is 50.1 Å². The van der Waals surface area contributed by atoms with E-state index in [2.05, 4.69) is 15.2 Å². The van der Waals surface area contributed by atoms with Crippen LogP contribution in [0.25, 0.3) is 0 Å². The molecule has 1 aromatic heterocycles. The highest BCUT2D eigenvalue weighted by molar-refractivity contribution is 5.95. The molecule has 1 aliphatic rings. The molecule has 0 atom stereocenters. The van der Waals surface area contributed by atoms with E-state index in [4.69, 9.17) is 0 Å². The van der Waals surface area contributed by atoms with Gasteiger partial charge in [0.05, 0.1) is 0 Å². The molecule has 7 heteroatoms. The van der Waals surface area contributed by atoms with Crippen LogP contribution < -0.4 is 15.1 Å². The van der Waals surface area contributed by atoms with Crippen LogP contribution in [-0.4, -0.2) is 62.0 Å². The zero-order chi connectivity index (χ0) is 20.1. The van der Waals surface area contributed by atoms with Gasteiger partial charge in [-0.25, -0.2) is 4.98 Å².